The van der Waals surface area contributed by atoms with Crippen molar-refractivity contribution in [1.29, 1.82) is 0 Å². The second kappa shape index (κ2) is 5.99. The van der Waals surface area contributed by atoms with E-state index in [0.29, 0.717) is 4.75 Å². The van der Waals surface area contributed by atoms with Crippen LogP contribution in [0, 0.1) is 5.92 Å². The van der Waals surface area contributed by atoms with Gasteiger partial charge in [0.15, 0.2) is 0 Å². The lowest BCUT2D eigenvalue weighted by atomic mass is 9.99. The summed E-state index contributed by atoms with van der Waals surface area (Å²) in [5.41, 5.74) is 0. The lowest BCUT2D eigenvalue weighted by molar-refractivity contribution is 0.357. The van der Waals surface area contributed by atoms with Crippen molar-refractivity contribution in [3.8, 4) is 0 Å². The predicted molar refractivity (Wildman–Crippen MR) is 66.1 cm³/mol. The fraction of sp³-hybridized carbons (Fsp3) is 1.00. The van der Waals surface area contributed by atoms with Crippen molar-refractivity contribution < 1.29 is 0 Å². The van der Waals surface area contributed by atoms with E-state index in [4.69, 9.17) is 0 Å². The number of hydrogen-bond donors (Lipinski definition) is 2. The van der Waals surface area contributed by atoms with Gasteiger partial charge in [-0.2, -0.15) is 11.8 Å². The summed E-state index contributed by atoms with van der Waals surface area (Å²) >= 11 is 1.94. The zero-order valence-electron chi connectivity index (χ0n) is 9.73. The van der Waals surface area contributed by atoms with Gasteiger partial charge in [0.1, 0.15) is 0 Å². The third kappa shape index (κ3) is 4.67. The van der Waals surface area contributed by atoms with Gasteiger partial charge in [-0.05, 0) is 58.5 Å². The fourth-order valence-corrected chi connectivity index (χ4v) is 1.99. The van der Waals surface area contributed by atoms with Crippen LogP contribution in [-0.4, -0.2) is 37.2 Å². The molecule has 2 nitrogen and oxygen atoms in total. The molecule has 0 aliphatic carbocycles. The summed E-state index contributed by atoms with van der Waals surface area (Å²) in [5.74, 6) is 0.849. The van der Waals surface area contributed by atoms with E-state index in [2.05, 4.69) is 30.7 Å². The van der Waals surface area contributed by atoms with Gasteiger partial charge in [0.25, 0.3) is 0 Å². The summed E-state index contributed by atoms with van der Waals surface area (Å²) in [6.07, 6.45) is 4.92. The van der Waals surface area contributed by atoms with Gasteiger partial charge in [-0.1, -0.05) is 0 Å². The Kier molecular flexibility index (Phi) is 5.28. The van der Waals surface area contributed by atoms with Crippen LogP contribution in [0.4, 0.5) is 0 Å². The molecule has 1 atom stereocenters. The van der Waals surface area contributed by atoms with Crippen LogP contribution in [0.1, 0.15) is 26.7 Å². The second-order valence-corrected chi connectivity index (χ2v) is 6.32. The number of piperidine rings is 1. The molecule has 1 heterocycles. The molecule has 0 radical (unpaired) electrons. The first-order chi connectivity index (χ1) is 6.64. The smallest absolute Gasteiger partial charge is 0.0225 e. The lowest BCUT2D eigenvalue weighted by Gasteiger charge is -2.26. The molecule has 84 valence electrons. The summed E-state index contributed by atoms with van der Waals surface area (Å²) in [6, 6.07) is 0. The molecule has 0 aromatic carbocycles. The Morgan fingerprint density at radius 1 is 1.50 bits per heavy atom. The maximum Gasteiger partial charge on any atom is 0.0225 e. The molecule has 1 rings (SSSR count). The van der Waals surface area contributed by atoms with Crippen LogP contribution in [0.3, 0.4) is 0 Å². The minimum Gasteiger partial charge on any atom is -0.316 e. The van der Waals surface area contributed by atoms with E-state index in [9.17, 15) is 0 Å². The lowest BCUT2D eigenvalue weighted by Crippen LogP contribution is -2.40. The molecule has 0 amide bonds. The quantitative estimate of drug-likeness (QED) is 0.732. The van der Waals surface area contributed by atoms with Crippen LogP contribution in [0.15, 0.2) is 0 Å². The first-order valence-electron chi connectivity index (χ1n) is 5.60. The Bertz CT molecular complexity index is 153. The van der Waals surface area contributed by atoms with Crippen molar-refractivity contribution in [2.45, 2.75) is 31.4 Å². The molecular formula is C11H24N2S. The summed E-state index contributed by atoms with van der Waals surface area (Å²) < 4.78 is 0.377. The topological polar surface area (TPSA) is 24.1 Å². The minimum atomic E-state index is 0.377. The molecule has 1 aliphatic rings. The molecule has 1 aliphatic heterocycles. The van der Waals surface area contributed by atoms with Crippen molar-refractivity contribution in [2.75, 3.05) is 32.4 Å². The Morgan fingerprint density at radius 2 is 2.29 bits per heavy atom. The minimum absolute atomic E-state index is 0.377. The van der Waals surface area contributed by atoms with Gasteiger partial charge in [0.05, 0.1) is 0 Å². The molecule has 0 aromatic heterocycles. The number of hydrogen-bond acceptors (Lipinski definition) is 3. The van der Waals surface area contributed by atoms with Gasteiger partial charge in [-0.25, -0.2) is 0 Å². The molecule has 0 aromatic rings. The molecule has 1 saturated heterocycles. The largest absolute Gasteiger partial charge is 0.316 e. The predicted octanol–water partition coefficient (Wildman–Crippen LogP) is 1.72. The van der Waals surface area contributed by atoms with Crippen LogP contribution in [0.25, 0.3) is 0 Å². The van der Waals surface area contributed by atoms with Gasteiger partial charge in [-0.15, -0.1) is 0 Å². The molecule has 1 fully saturated rings. The Balaban J connectivity index is 2.08. The third-order valence-electron chi connectivity index (χ3n) is 2.94. The van der Waals surface area contributed by atoms with Crippen LogP contribution in [0.2, 0.25) is 0 Å². The highest BCUT2D eigenvalue weighted by atomic mass is 32.2. The average Bonchev–Trinajstić information content (AvgIpc) is 2.19. The maximum atomic E-state index is 3.59. The summed E-state index contributed by atoms with van der Waals surface area (Å²) in [7, 11) is 0. The zero-order chi connectivity index (χ0) is 10.4. The van der Waals surface area contributed by atoms with Crippen molar-refractivity contribution in [2.24, 2.45) is 5.92 Å². The van der Waals surface area contributed by atoms with Crippen LogP contribution in [0.5, 0.6) is 0 Å². The number of nitrogens with one attached hydrogen (secondary N) is 2. The van der Waals surface area contributed by atoms with Gasteiger partial charge < -0.3 is 10.6 Å². The van der Waals surface area contributed by atoms with E-state index >= 15 is 0 Å². The Hall–Kier alpha value is 0.270. The van der Waals surface area contributed by atoms with E-state index in [1.165, 1.54) is 32.5 Å². The number of thioether (sulfide) groups is 1. The van der Waals surface area contributed by atoms with E-state index in [1.807, 2.05) is 11.8 Å². The first kappa shape index (κ1) is 12.3. The van der Waals surface area contributed by atoms with Crippen LogP contribution < -0.4 is 10.6 Å². The van der Waals surface area contributed by atoms with Crippen molar-refractivity contribution in [3.63, 3.8) is 0 Å². The highest BCUT2D eigenvalue weighted by Crippen LogP contribution is 2.19. The summed E-state index contributed by atoms with van der Waals surface area (Å²) in [6.45, 7) is 9.30. The Morgan fingerprint density at radius 3 is 2.86 bits per heavy atom. The SMILES string of the molecule is CSC(C)(C)CNCC1CCCNC1. The molecule has 1 unspecified atom stereocenters. The normalized spacial score (nSPS) is 23.8. The number of rotatable bonds is 5. The third-order valence-corrected chi connectivity index (χ3v) is 4.18. The van der Waals surface area contributed by atoms with E-state index < -0.39 is 0 Å². The molecular weight excluding hydrogens is 192 g/mol. The Labute approximate surface area is 92.6 Å². The van der Waals surface area contributed by atoms with E-state index in [-0.39, 0.29) is 0 Å². The highest BCUT2D eigenvalue weighted by Gasteiger charge is 2.17. The molecule has 14 heavy (non-hydrogen) atoms. The molecule has 0 bridgehead atoms. The average molecular weight is 216 g/mol. The standard InChI is InChI=1S/C11H24N2S/c1-11(2,14-3)9-13-8-10-5-4-6-12-7-10/h10,12-13H,4-9H2,1-3H3. The maximum absolute atomic E-state index is 3.59. The monoisotopic (exact) mass is 216 g/mol. The molecule has 2 N–H and O–H groups in total. The van der Waals surface area contributed by atoms with E-state index in [1.54, 1.807) is 0 Å². The van der Waals surface area contributed by atoms with Crippen LogP contribution in [-0.2, 0) is 0 Å². The van der Waals surface area contributed by atoms with Gasteiger partial charge in [-0.3, -0.25) is 0 Å². The fourth-order valence-electron chi connectivity index (χ4n) is 1.75. The summed E-state index contributed by atoms with van der Waals surface area (Å²) in [5, 5.41) is 7.04. The molecule has 0 spiro atoms. The van der Waals surface area contributed by atoms with Gasteiger partial charge in [0, 0.05) is 11.3 Å². The molecule has 3 heteroatoms. The van der Waals surface area contributed by atoms with E-state index in [0.717, 1.165) is 12.5 Å². The zero-order valence-corrected chi connectivity index (χ0v) is 10.5. The van der Waals surface area contributed by atoms with Crippen molar-refractivity contribution >= 4 is 11.8 Å². The molecule has 0 saturated carbocycles. The second-order valence-electron chi connectivity index (χ2n) is 4.81. The van der Waals surface area contributed by atoms with Gasteiger partial charge >= 0.3 is 0 Å². The van der Waals surface area contributed by atoms with Crippen LogP contribution >= 0.6 is 11.8 Å². The van der Waals surface area contributed by atoms with Gasteiger partial charge in [0.2, 0.25) is 0 Å². The van der Waals surface area contributed by atoms with Crippen molar-refractivity contribution in [1.82, 2.24) is 10.6 Å². The highest BCUT2D eigenvalue weighted by molar-refractivity contribution is 7.99. The summed E-state index contributed by atoms with van der Waals surface area (Å²) in [4.78, 5) is 0. The first-order valence-corrected chi connectivity index (χ1v) is 6.83. The van der Waals surface area contributed by atoms with Crippen molar-refractivity contribution in [3.05, 3.63) is 0 Å².